The molecule has 0 aliphatic heterocycles. The van der Waals surface area contributed by atoms with Gasteiger partial charge in [0.2, 0.25) is 0 Å². The summed E-state index contributed by atoms with van der Waals surface area (Å²) < 4.78 is 0.994. The van der Waals surface area contributed by atoms with Crippen molar-refractivity contribution >= 4 is 86.5 Å². The Bertz CT molecular complexity index is 3030. The van der Waals surface area contributed by atoms with Crippen LogP contribution in [0.15, 0.2) is 194 Å². The van der Waals surface area contributed by atoms with E-state index in [1.807, 2.05) is 91.0 Å². The number of hydrogen-bond acceptors (Lipinski definition) is 0. The number of hydrogen-bond donors (Lipinski definition) is 0. The number of halogens is 4. The van der Waals surface area contributed by atoms with E-state index in [9.17, 15) is 0 Å². The van der Waals surface area contributed by atoms with Crippen molar-refractivity contribution in [3.63, 3.8) is 0 Å². The Labute approximate surface area is 403 Å². The molecule has 64 heavy (non-hydrogen) atoms. The van der Waals surface area contributed by atoms with E-state index >= 15 is 0 Å². The Kier molecular flexibility index (Phi) is 14.0. The molecule has 0 fully saturated rings. The van der Waals surface area contributed by atoms with Gasteiger partial charge in [0.25, 0.3) is 0 Å². The van der Waals surface area contributed by atoms with Gasteiger partial charge in [-0.3, -0.25) is 0 Å². The Balaban J connectivity index is 0.000000161. The summed E-state index contributed by atoms with van der Waals surface area (Å²) in [5.74, 6) is 0. The molecule has 10 aromatic rings. The van der Waals surface area contributed by atoms with Crippen molar-refractivity contribution in [3.05, 3.63) is 226 Å². The van der Waals surface area contributed by atoms with Crippen LogP contribution in [0.2, 0.25) is 10.0 Å². The van der Waals surface area contributed by atoms with Crippen LogP contribution < -0.4 is 0 Å². The van der Waals surface area contributed by atoms with Gasteiger partial charge in [0.1, 0.15) is 0 Å². The van der Waals surface area contributed by atoms with Gasteiger partial charge in [-0.2, -0.15) is 18.2 Å². The second kappa shape index (κ2) is 19.5. The zero-order valence-corrected chi connectivity index (χ0v) is 42.5. The third-order valence-corrected chi connectivity index (χ3v) is 16.6. The summed E-state index contributed by atoms with van der Waals surface area (Å²) in [4.78, 5) is 0. The maximum atomic E-state index is 6.66. The third-order valence-electron chi connectivity index (χ3n) is 11.7. The number of fused-ring (bicyclic) bond motifs is 5. The van der Waals surface area contributed by atoms with Crippen LogP contribution in [-0.2, 0) is 29.7 Å². The van der Waals surface area contributed by atoms with Crippen molar-refractivity contribution in [2.75, 3.05) is 0 Å². The van der Waals surface area contributed by atoms with Crippen LogP contribution in [0.3, 0.4) is 0 Å². The first kappa shape index (κ1) is 46.0. The fourth-order valence-corrected chi connectivity index (χ4v) is 13.6. The van der Waals surface area contributed by atoms with E-state index < -0.39 is 18.9 Å². The molecule has 10 rings (SSSR count). The zero-order valence-electron chi connectivity index (χ0n) is 37.0. The van der Waals surface area contributed by atoms with Gasteiger partial charge in [-0.15, -0.1) is 39.7 Å². The molecule has 0 nitrogen and oxygen atoms in total. The van der Waals surface area contributed by atoms with Gasteiger partial charge >= 0.3 is 178 Å². The van der Waals surface area contributed by atoms with Gasteiger partial charge in [-0.25, -0.2) is 12.1 Å². The van der Waals surface area contributed by atoms with E-state index in [1.54, 1.807) is 0 Å². The molecule has 0 atom stereocenters. The molecule has 0 radical (unpaired) electrons. The van der Waals surface area contributed by atoms with Crippen molar-refractivity contribution in [1.82, 2.24) is 0 Å². The molecule has 0 heterocycles. The predicted octanol–water partition coefficient (Wildman–Crippen LogP) is 18.8. The molecule has 10 aromatic carbocycles. The molecular weight excluding hydrogens is 942 g/mol. The van der Waals surface area contributed by atoms with Gasteiger partial charge in [-0.1, -0.05) is 114 Å². The zero-order chi connectivity index (χ0) is 45.2. The minimum absolute atomic E-state index is 0.0554. The molecule has 0 aromatic heterocycles. The van der Waals surface area contributed by atoms with Gasteiger partial charge in [-0.05, 0) is 44.2 Å². The Morgan fingerprint density at radius 3 is 1.19 bits per heavy atom. The minimum atomic E-state index is -2.88. The molecule has 0 bridgehead atoms. The summed E-state index contributed by atoms with van der Waals surface area (Å²) >= 11 is 9.93. The Morgan fingerprint density at radius 2 is 0.828 bits per heavy atom. The topological polar surface area (TPSA) is 0 Å². The van der Waals surface area contributed by atoms with Gasteiger partial charge in [0, 0.05) is 0 Å². The molecule has 5 heteroatoms. The van der Waals surface area contributed by atoms with Crippen LogP contribution in [0.4, 0.5) is 0 Å². The fraction of sp³-hybridized carbons (Fsp3) is 0.136. The van der Waals surface area contributed by atoms with Crippen LogP contribution in [0, 0.1) is 0 Å². The predicted molar refractivity (Wildman–Crippen MR) is 280 cm³/mol. The van der Waals surface area contributed by atoms with E-state index in [0.29, 0.717) is 10.0 Å². The molecule has 0 saturated heterocycles. The molecule has 0 amide bonds. The molecule has 0 spiro atoms. The maximum absolute atomic E-state index is 6.66. The maximum Gasteiger partial charge on any atom is -0.172 e. The molecule has 0 saturated carbocycles. The average molecular weight is 992 g/mol. The van der Waals surface area contributed by atoms with E-state index in [4.69, 9.17) is 40.2 Å². The van der Waals surface area contributed by atoms with E-state index in [1.165, 1.54) is 54.9 Å². The Hall–Kier alpha value is -4.59. The quantitative estimate of drug-likeness (QED) is 0.154. The van der Waals surface area contributed by atoms with E-state index in [-0.39, 0.29) is 10.8 Å². The summed E-state index contributed by atoms with van der Waals surface area (Å²) in [5, 5.41) is 11.0. The minimum Gasteiger partial charge on any atom is -0.214 e. The van der Waals surface area contributed by atoms with E-state index in [2.05, 4.69) is 145 Å². The fourth-order valence-electron chi connectivity index (χ4n) is 8.69. The van der Waals surface area contributed by atoms with Crippen molar-refractivity contribution in [3.8, 4) is 22.3 Å². The second-order valence-corrected chi connectivity index (χ2v) is 27.3. The first-order valence-electron chi connectivity index (χ1n) is 21.6. The summed E-state index contributed by atoms with van der Waals surface area (Å²) in [6, 6.07) is 67.8. The summed E-state index contributed by atoms with van der Waals surface area (Å²) in [5.41, 5.74) is 10.2. The Morgan fingerprint density at radius 1 is 0.438 bits per heavy atom. The first-order valence-corrected chi connectivity index (χ1v) is 29.9. The largest absolute Gasteiger partial charge is 0.214 e. The molecule has 320 valence electrons. The normalized spacial score (nSPS) is 11.6. The molecule has 0 N–H and O–H groups in total. The van der Waals surface area contributed by atoms with Crippen molar-refractivity contribution in [2.45, 2.75) is 52.4 Å². The monoisotopic (exact) mass is 988 g/mol. The van der Waals surface area contributed by atoms with E-state index in [0.717, 1.165) is 35.9 Å². The standard InChI is InChI=1S/C33H33.C21H12Cl2.C5H5.2ClH.Zr/c1-32(2,3)30-20-26-24(18-28(30)22-13-9-7-10-14-22)17-25-19-29(23-15-11-8-12-16-23)31(21-27(25)26)33(4,5)6;22-18-10-14-5-1-3-7-20(14)16(12-18)9-17-13-19(23)11-15-6-2-4-8-21(15)17;1-2-4-5-3-1;;;/h7-21H,1-6H3;1-8,10-13H;1-5H;2*1H;/q-1;;-1;;;+2/p-2. The van der Waals surface area contributed by atoms with Crippen LogP contribution in [0.5, 0.6) is 0 Å². The van der Waals surface area contributed by atoms with Gasteiger partial charge in [0.15, 0.2) is 0 Å². The molecule has 0 aliphatic rings. The summed E-state index contributed by atoms with van der Waals surface area (Å²) in [6.45, 7) is 13.9. The molecule has 0 aliphatic carbocycles. The number of benzene rings is 8. The molecule has 0 unspecified atom stereocenters. The first-order chi connectivity index (χ1) is 30.7. The smallest absolute Gasteiger partial charge is 0.172 e. The SMILES string of the molecule is CC(C)(C)c1cc2c(cc1-c1ccccc1)[cH-]c1cc(-c3ccccc3)c(C(C)(C)C)cc12.Clc1cc([C](c2cc(Cl)cc3ccccc23)=[Zr]([Cl])[Cl])c2ccccc2c1.c1cc[cH-]c1. The van der Waals surface area contributed by atoms with Crippen molar-refractivity contribution < 1.29 is 18.9 Å². The second-order valence-electron chi connectivity index (χ2n) is 18.3. The van der Waals surface area contributed by atoms with Crippen molar-refractivity contribution in [1.29, 1.82) is 0 Å². The third kappa shape index (κ3) is 10.1. The van der Waals surface area contributed by atoms with Gasteiger partial charge in [0.05, 0.1) is 0 Å². The van der Waals surface area contributed by atoms with Crippen molar-refractivity contribution in [2.24, 2.45) is 0 Å². The number of rotatable bonds is 4. The van der Waals surface area contributed by atoms with Crippen LogP contribution in [0.25, 0.3) is 65.3 Å². The average Bonchev–Trinajstić information content (AvgIpc) is 3.98. The van der Waals surface area contributed by atoms with Crippen LogP contribution in [0.1, 0.15) is 63.8 Å². The van der Waals surface area contributed by atoms with Gasteiger partial charge < -0.3 is 0 Å². The molecular formula is C59H50Cl4Zr-2. The van der Waals surface area contributed by atoms with Crippen LogP contribution in [-0.4, -0.2) is 3.21 Å². The summed E-state index contributed by atoms with van der Waals surface area (Å²) in [7, 11) is 13.3. The summed E-state index contributed by atoms with van der Waals surface area (Å²) in [6.07, 6.45) is 0. The van der Waals surface area contributed by atoms with Crippen LogP contribution >= 0.6 is 40.2 Å².